The first-order valence-corrected chi connectivity index (χ1v) is 6.23. The van der Waals surface area contributed by atoms with Gasteiger partial charge in [0.1, 0.15) is 5.01 Å². The van der Waals surface area contributed by atoms with Gasteiger partial charge in [-0.15, -0.1) is 11.3 Å². The molecule has 0 aromatic carbocycles. The zero-order valence-corrected chi connectivity index (χ0v) is 10.5. The highest BCUT2D eigenvalue weighted by Gasteiger charge is 2.22. The third kappa shape index (κ3) is 3.55. The van der Waals surface area contributed by atoms with Crippen molar-refractivity contribution in [2.45, 2.75) is 33.2 Å². The fourth-order valence-electron chi connectivity index (χ4n) is 1.23. The minimum Gasteiger partial charge on any atom is -0.396 e. The maximum Gasteiger partial charge on any atom is 0.109 e. The highest BCUT2D eigenvalue weighted by Crippen LogP contribution is 2.21. The van der Waals surface area contributed by atoms with Gasteiger partial charge in [0.15, 0.2) is 0 Å². The van der Waals surface area contributed by atoms with Gasteiger partial charge in [0, 0.05) is 30.1 Å². The number of aliphatic hydroxyl groups excluding tert-OH is 1. The Morgan fingerprint density at radius 2 is 2.40 bits per heavy atom. The van der Waals surface area contributed by atoms with E-state index in [9.17, 15) is 5.11 Å². The molecule has 0 saturated carbocycles. The summed E-state index contributed by atoms with van der Waals surface area (Å²) in [7, 11) is 0. The molecule has 2 atom stereocenters. The van der Waals surface area contributed by atoms with Crippen LogP contribution in [-0.2, 0) is 0 Å². The second-order valence-corrected chi connectivity index (χ2v) is 5.22. The summed E-state index contributed by atoms with van der Waals surface area (Å²) >= 11 is 1.66. The van der Waals surface area contributed by atoms with Crippen molar-refractivity contribution in [1.29, 1.82) is 0 Å². The predicted molar refractivity (Wildman–Crippen MR) is 64.0 cm³/mol. The first kappa shape index (κ1) is 12.6. The lowest BCUT2D eigenvalue weighted by molar-refractivity contribution is 0.132. The van der Waals surface area contributed by atoms with Crippen LogP contribution in [0.25, 0.3) is 0 Å². The topological polar surface area (TPSA) is 45.1 Å². The van der Waals surface area contributed by atoms with Crippen molar-refractivity contribution in [2.24, 2.45) is 5.41 Å². The van der Waals surface area contributed by atoms with Crippen molar-refractivity contribution in [3.05, 3.63) is 16.6 Å². The number of thiazole rings is 1. The molecule has 2 N–H and O–H groups in total. The number of hydrogen-bond donors (Lipinski definition) is 2. The maximum atomic E-state index is 9.28. The molecule has 0 fully saturated rings. The molecule has 0 aliphatic heterocycles. The monoisotopic (exact) mass is 228 g/mol. The highest BCUT2D eigenvalue weighted by molar-refractivity contribution is 7.09. The summed E-state index contributed by atoms with van der Waals surface area (Å²) in [5.74, 6) is 0. The van der Waals surface area contributed by atoms with Crippen LogP contribution in [0.2, 0.25) is 0 Å². The molecule has 0 spiro atoms. The Labute approximate surface area is 95.6 Å². The minimum atomic E-state index is -0.0223. The van der Waals surface area contributed by atoms with E-state index in [1.165, 1.54) is 0 Å². The second-order valence-electron chi connectivity index (χ2n) is 4.30. The van der Waals surface area contributed by atoms with Gasteiger partial charge < -0.3 is 10.4 Å². The number of aliphatic hydroxyl groups is 1. The molecule has 1 aromatic heterocycles. The molecule has 0 aliphatic carbocycles. The van der Waals surface area contributed by atoms with Crippen molar-refractivity contribution in [1.82, 2.24) is 10.3 Å². The summed E-state index contributed by atoms with van der Waals surface area (Å²) in [6.07, 6.45) is 2.80. The molecule has 1 heterocycles. The molecule has 0 aliphatic rings. The maximum absolute atomic E-state index is 9.28. The Hall–Kier alpha value is -0.450. The molecular formula is C11H20N2OS. The van der Waals surface area contributed by atoms with Crippen LogP contribution in [0.3, 0.4) is 0 Å². The quantitative estimate of drug-likeness (QED) is 0.784. The summed E-state index contributed by atoms with van der Waals surface area (Å²) in [5.41, 5.74) is -0.0223. The molecule has 1 aromatic rings. The van der Waals surface area contributed by atoms with Crippen LogP contribution in [0, 0.1) is 5.41 Å². The third-order valence-corrected chi connectivity index (χ3v) is 3.85. The molecule has 1 rings (SSSR count). The fraction of sp³-hybridized carbons (Fsp3) is 0.727. The van der Waals surface area contributed by atoms with E-state index in [0.717, 1.165) is 18.0 Å². The van der Waals surface area contributed by atoms with Crippen LogP contribution in [-0.4, -0.2) is 23.2 Å². The summed E-state index contributed by atoms with van der Waals surface area (Å²) in [5, 5.41) is 15.8. The van der Waals surface area contributed by atoms with Crippen molar-refractivity contribution in [2.75, 3.05) is 13.2 Å². The average Bonchev–Trinajstić information content (AvgIpc) is 2.79. The van der Waals surface area contributed by atoms with E-state index < -0.39 is 0 Å². The number of aromatic nitrogens is 1. The second kappa shape index (κ2) is 5.58. The molecule has 0 amide bonds. The molecule has 0 radical (unpaired) electrons. The lowest BCUT2D eigenvalue weighted by Gasteiger charge is -2.27. The van der Waals surface area contributed by atoms with E-state index >= 15 is 0 Å². The van der Waals surface area contributed by atoms with E-state index in [1.54, 1.807) is 11.3 Å². The summed E-state index contributed by atoms with van der Waals surface area (Å²) in [6, 6.07) is 0.266. The van der Waals surface area contributed by atoms with E-state index in [2.05, 4.69) is 31.1 Å². The van der Waals surface area contributed by atoms with Gasteiger partial charge in [-0.25, -0.2) is 4.98 Å². The van der Waals surface area contributed by atoms with Gasteiger partial charge in [-0.05, 0) is 13.3 Å². The van der Waals surface area contributed by atoms with Gasteiger partial charge in [0.25, 0.3) is 0 Å². The van der Waals surface area contributed by atoms with Crippen LogP contribution in [0.5, 0.6) is 0 Å². The molecule has 2 unspecified atom stereocenters. The number of nitrogens with one attached hydrogen (secondary N) is 1. The lowest BCUT2D eigenvalue weighted by atomic mass is 9.88. The summed E-state index contributed by atoms with van der Waals surface area (Å²) in [4.78, 5) is 4.26. The Kier molecular flexibility index (Phi) is 4.70. The highest BCUT2D eigenvalue weighted by atomic mass is 32.1. The lowest BCUT2D eigenvalue weighted by Crippen LogP contribution is -2.35. The van der Waals surface area contributed by atoms with Crippen LogP contribution in [0.15, 0.2) is 11.6 Å². The smallest absolute Gasteiger partial charge is 0.109 e. The molecule has 0 bridgehead atoms. The first-order valence-electron chi connectivity index (χ1n) is 5.35. The average molecular weight is 228 g/mol. The zero-order chi connectivity index (χ0) is 11.3. The van der Waals surface area contributed by atoms with E-state index in [-0.39, 0.29) is 18.1 Å². The first-order chi connectivity index (χ1) is 7.11. The van der Waals surface area contributed by atoms with Crippen LogP contribution < -0.4 is 5.32 Å². The third-order valence-electron chi connectivity index (χ3n) is 2.89. The number of rotatable bonds is 6. The molecular weight excluding hydrogens is 208 g/mol. The predicted octanol–water partition coefficient (Wildman–Crippen LogP) is 2.20. The number of hydrogen-bond acceptors (Lipinski definition) is 4. The van der Waals surface area contributed by atoms with Gasteiger partial charge in [0.2, 0.25) is 0 Å². The SMILES string of the molecule is CCC(C)(CO)CNC(C)c1nccs1. The minimum absolute atomic E-state index is 0.0223. The molecule has 4 heteroatoms. The molecule has 15 heavy (non-hydrogen) atoms. The van der Waals surface area contributed by atoms with Gasteiger partial charge >= 0.3 is 0 Å². The van der Waals surface area contributed by atoms with E-state index in [1.807, 2.05) is 11.6 Å². The van der Waals surface area contributed by atoms with Gasteiger partial charge in [-0.1, -0.05) is 13.8 Å². The summed E-state index contributed by atoms with van der Waals surface area (Å²) in [6.45, 7) is 7.34. The van der Waals surface area contributed by atoms with Crippen LogP contribution in [0.4, 0.5) is 0 Å². The number of nitrogens with zero attached hydrogens (tertiary/aromatic N) is 1. The van der Waals surface area contributed by atoms with Gasteiger partial charge in [-0.2, -0.15) is 0 Å². The van der Waals surface area contributed by atoms with Crippen molar-refractivity contribution >= 4 is 11.3 Å². The van der Waals surface area contributed by atoms with Crippen LogP contribution >= 0.6 is 11.3 Å². The van der Waals surface area contributed by atoms with Crippen molar-refractivity contribution in [3.8, 4) is 0 Å². The van der Waals surface area contributed by atoms with E-state index in [0.29, 0.717) is 0 Å². The Morgan fingerprint density at radius 3 is 2.87 bits per heavy atom. The fourth-order valence-corrected chi connectivity index (χ4v) is 1.90. The molecule has 0 saturated heterocycles. The standard InChI is InChI=1S/C11H20N2OS/c1-4-11(3,8-14)7-13-9(2)10-12-5-6-15-10/h5-6,9,13-14H,4,7-8H2,1-3H3. The summed E-state index contributed by atoms with van der Waals surface area (Å²) < 4.78 is 0. The normalized spacial score (nSPS) is 17.3. The van der Waals surface area contributed by atoms with Crippen molar-refractivity contribution in [3.63, 3.8) is 0 Å². The Morgan fingerprint density at radius 1 is 1.67 bits per heavy atom. The van der Waals surface area contributed by atoms with Crippen LogP contribution in [0.1, 0.15) is 38.2 Å². The largest absolute Gasteiger partial charge is 0.396 e. The Balaban J connectivity index is 2.43. The van der Waals surface area contributed by atoms with Crippen molar-refractivity contribution < 1.29 is 5.11 Å². The van der Waals surface area contributed by atoms with Gasteiger partial charge in [0.05, 0.1) is 6.04 Å². The molecule has 86 valence electrons. The molecule has 3 nitrogen and oxygen atoms in total. The van der Waals surface area contributed by atoms with Gasteiger partial charge in [-0.3, -0.25) is 0 Å². The zero-order valence-electron chi connectivity index (χ0n) is 9.66. The Bertz CT molecular complexity index is 270. The van der Waals surface area contributed by atoms with E-state index in [4.69, 9.17) is 0 Å².